The summed E-state index contributed by atoms with van der Waals surface area (Å²) in [5, 5.41) is 4.75. The van der Waals surface area contributed by atoms with E-state index in [1.807, 2.05) is 0 Å². The predicted octanol–water partition coefficient (Wildman–Crippen LogP) is 4.27. The van der Waals surface area contributed by atoms with Crippen molar-refractivity contribution in [3.8, 4) is 11.3 Å². The van der Waals surface area contributed by atoms with E-state index in [0.717, 1.165) is 0 Å². The topological polar surface area (TPSA) is 42.0 Å². The Kier molecular flexibility index (Phi) is 4.43. The van der Waals surface area contributed by atoms with Crippen LogP contribution >= 0.6 is 11.3 Å². The van der Waals surface area contributed by atoms with Gasteiger partial charge in [0, 0.05) is 10.9 Å². The van der Waals surface area contributed by atoms with Crippen LogP contribution in [-0.4, -0.2) is 10.9 Å². The highest BCUT2D eigenvalue weighted by atomic mass is 32.1. The van der Waals surface area contributed by atoms with Crippen LogP contribution in [0, 0.1) is 11.6 Å². The van der Waals surface area contributed by atoms with E-state index in [-0.39, 0.29) is 18.1 Å². The van der Waals surface area contributed by atoms with Crippen LogP contribution in [0.25, 0.3) is 11.3 Å². The maximum absolute atomic E-state index is 13.5. The van der Waals surface area contributed by atoms with Crippen molar-refractivity contribution in [1.82, 2.24) is 4.98 Å². The minimum Gasteiger partial charge on any atom is -0.302 e. The number of nitrogens with zero attached hydrogens (tertiary/aromatic N) is 1. The molecule has 0 atom stereocenters. The first-order valence-electron chi connectivity index (χ1n) is 6.86. The molecule has 0 fully saturated rings. The maximum Gasteiger partial charge on any atom is 0.230 e. The van der Waals surface area contributed by atoms with E-state index in [1.54, 1.807) is 35.7 Å². The highest BCUT2D eigenvalue weighted by molar-refractivity contribution is 7.14. The third kappa shape index (κ3) is 3.78. The summed E-state index contributed by atoms with van der Waals surface area (Å²) in [6.07, 6.45) is -0.0679. The fraction of sp³-hybridized carbons (Fsp3) is 0.0588. The van der Waals surface area contributed by atoms with Gasteiger partial charge in [-0.05, 0) is 23.8 Å². The summed E-state index contributed by atoms with van der Waals surface area (Å²) >= 11 is 1.23. The number of halogens is 2. The maximum atomic E-state index is 13.5. The van der Waals surface area contributed by atoms with Gasteiger partial charge in [-0.25, -0.2) is 13.8 Å². The molecule has 0 unspecified atom stereocenters. The van der Waals surface area contributed by atoms with Crippen molar-refractivity contribution in [2.45, 2.75) is 6.42 Å². The van der Waals surface area contributed by atoms with Gasteiger partial charge in [0.1, 0.15) is 11.6 Å². The van der Waals surface area contributed by atoms with Crippen LogP contribution in [0.1, 0.15) is 5.56 Å². The third-order valence-electron chi connectivity index (χ3n) is 3.18. The molecule has 6 heteroatoms. The number of benzene rings is 2. The Labute approximate surface area is 135 Å². The van der Waals surface area contributed by atoms with Gasteiger partial charge < -0.3 is 5.32 Å². The molecule has 3 aromatic rings. The first kappa shape index (κ1) is 15.3. The van der Waals surface area contributed by atoms with E-state index in [1.165, 1.54) is 29.5 Å². The number of hydrogen-bond donors (Lipinski definition) is 1. The molecule has 1 aromatic heterocycles. The largest absolute Gasteiger partial charge is 0.302 e. The van der Waals surface area contributed by atoms with Crippen LogP contribution in [0.2, 0.25) is 0 Å². The number of nitrogens with one attached hydrogen (secondary N) is 1. The number of thiazole rings is 1. The van der Waals surface area contributed by atoms with Gasteiger partial charge in [-0.2, -0.15) is 0 Å². The normalized spacial score (nSPS) is 10.5. The van der Waals surface area contributed by atoms with E-state index in [9.17, 15) is 13.6 Å². The molecule has 0 spiro atoms. The zero-order chi connectivity index (χ0) is 16.2. The molecule has 3 nitrogen and oxygen atoms in total. The molecular formula is C17H12F2N2OS. The summed E-state index contributed by atoms with van der Waals surface area (Å²) in [6, 6.07) is 12.2. The molecule has 0 aliphatic heterocycles. The monoisotopic (exact) mass is 330 g/mol. The Morgan fingerprint density at radius 3 is 2.74 bits per heavy atom. The first-order chi connectivity index (χ1) is 11.1. The standard InChI is InChI=1S/C17H12F2N2OS/c18-13-6-3-5-12(8-13)15-10-23-17(20-15)21-16(22)9-11-4-1-2-7-14(11)19/h1-8,10H,9H2,(H,20,21,22). The molecule has 0 saturated carbocycles. The lowest BCUT2D eigenvalue weighted by atomic mass is 10.1. The van der Waals surface area contributed by atoms with Crippen LogP contribution in [0.3, 0.4) is 0 Å². The fourth-order valence-corrected chi connectivity index (χ4v) is 2.83. The molecule has 1 N–H and O–H groups in total. The van der Waals surface area contributed by atoms with Crippen molar-refractivity contribution < 1.29 is 13.6 Å². The van der Waals surface area contributed by atoms with Crippen LogP contribution < -0.4 is 5.32 Å². The summed E-state index contributed by atoms with van der Waals surface area (Å²) < 4.78 is 26.7. The Bertz CT molecular complexity index is 848. The van der Waals surface area contributed by atoms with Gasteiger partial charge in [0.2, 0.25) is 5.91 Å². The molecule has 0 radical (unpaired) electrons. The number of hydrogen-bond acceptors (Lipinski definition) is 3. The zero-order valence-corrected chi connectivity index (χ0v) is 12.7. The van der Waals surface area contributed by atoms with E-state index >= 15 is 0 Å². The number of carbonyl (C=O) groups excluding carboxylic acids is 1. The second-order valence-electron chi connectivity index (χ2n) is 4.86. The van der Waals surface area contributed by atoms with Crippen molar-refractivity contribution in [1.29, 1.82) is 0 Å². The smallest absolute Gasteiger partial charge is 0.230 e. The van der Waals surface area contributed by atoms with E-state index in [4.69, 9.17) is 0 Å². The summed E-state index contributed by atoms with van der Waals surface area (Å²) in [5.41, 5.74) is 1.54. The van der Waals surface area contributed by atoms with E-state index in [2.05, 4.69) is 10.3 Å². The van der Waals surface area contributed by atoms with Crippen molar-refractivity contribution in [2.24, 2.45) is 0 Å². The number of carbonyl (C=O) groups is 1. The van der Waals surface area contributed by atoms with E-state index in [0.29, 0.717) is 22.0 Å². The average Bonchev–Trinajstić information content (AvgIpc) is 2.98. The highest BCUT2D eigenvalue weighted by Crippen LogP contribution is 2.25. The molecule has 0 saturated heterocycles. The molecule has 0 bridgehead atoms. The number of amides is 1. The van der Waals surface area contributed by atoms with Crippen molar-refractivity contribution in [2.75, 3.05) is 5.32 Å². The molecular weight excluding hydrogens is 318 g/mol. The zero-order valence-electron chi connectivity index (χ0n) is 11.9. The Morgan fingerprint density at radius 2 is 1.96 bits per heavy atom. The molecule has 1 amide bonds. The predicted molar refractivity (Wildman–Crippen MR) is 86.2 cm³/mol. The summed E-state index contributed by atoms with van der Waals surface area (Å²) in [7, 11) is 0. The van der Waals surface area contributed by atoms with Crippen molar-refractivity contribution in [3.63, 3.8) is 0 Å². The summed E-state index contributed by atoms with van der Waals surface area (Å²) in [5.74, 6) is -1.11. The number of anilines is 1. The van der Waals surface area contributed by atoms with Gasteiger partial charge in [-0.15, -0.1) is 11.3 Å². The Balaban J connectivity index is 1.69. The second kappa shape index (κ2) is 6.66. The minimum absolute atomic E-state index is 0.0679. The molecule has 0 aliphatic carbocycles. The van der Waals surface area contributed by atoms with Crippen LogP contribution in [0.5, 0.6) is 0 Å². The quantitative estimate of drug-likeness (QED) is 0.776. The lowest BCUT2D eigenvalue weighted by molar-refractivity contribution is -0.115. The molecule has 1 heterocycles. The minimum atomic E-state index is -0.415. The highest BCUT2D eigenvalue weighted by Gasteiger charge is 2.11. The van der Waals surface area contributed by atoms with Gasteiger partial charge in [0.25, 0.3) is 0 Å². The molecule has 2 aromatic carbocycles. The molecule has 23 heavy (non-hydrogen) atoms. The first-order valence-corrected chi connectivity index (χ1v) is 7.74. The Hall–Kier alpha value is -2.60. The van der Waals surface area contributed by atoms with Gasteiger partial charge in [0.05, 0.1) is 12.1 Å². The van der Waals surface area contributed by atoms with Gasteiger partial charge >= 0.3 is 0 Å². The molecule has 116 valence electrons. The van der Waals surface area contributed by atoms with Gasteiger partial charge in [0.15, 0.2) is 5.13 Å². The third-order valence-corrected chi connectivity index (χ3v) is 3.94. The van der Waals surface area contributed by atoms with E-state index < -0.39 is 5.82 Å². The van der Waals surface area contributed by atoms with Crippen LogP contribution in [-0.2, 0) is 11.2 Å². The second-order valence-corrected chi connectivity index (χ2v) is 5.72. The van der Waals surface area contributed by atoms with Crippen LogP contribution in [0.4, 0.5) is 13.9 Å². The van der Waals surface area contributed by atoms with Gasteiger partial charge in [-0.3, -0.25) is 4.79 Å². The lowest BCUT2D eigenvalue weighted by Crippen LogP contribution is -2.15. The number of aromatic nitrogens is 1. The fourth-order valence-electron chi connectivity index (χ4n) is 2.09. The van der Waals surface area contributed by atoms with Gasteiger partial charge in [-0.1, -0.05) is 30.3 Å². The molecule has 0 aliphatic rings. The Morgan fingerprint density at radius 1 is 1.13 bits per heavy atom. The summed E-state index contributed by atoms with van der Waals surface area (Å²) in [4.78, 5) is 16.2. The average molecular weight is 330 g/mol. The number of rotatable bonds is 4. The SMILES string of the molecule is O=C(Cc1ccccc1F)Nc1nc(-c2cccc(F)c2)cs1. The molecule has 3 rings (SSSR count). The lowest BCUT2D eigenvalue weighted by Gasteiger charge is -2.03. The van der Waals surface area contributed by atoms with Crippen LogP contribution in [0.15, 0.2) is 53.9 Å². The summed E-state index contributed by atoms with van der Waals surface area (Å²) in [6.45, 7) is 0. The van der Waals surface area contributed by atoms with Crippen molar-refractivity contribution in [3.05, 3.63) is 71.1 Å². The van der Waals surface area contributed by atoms with Crippen molar-refractivity contribution >= 4 is 22.4 Å².